The molecule has 0 N–H and O–H groups in total. The Morgan fingerprint density at radius 3 is 1.78 bits per heavy atom. The van der Waals surface area contributed by atoms with E-state index in [4.69, 9.17) is 4.79 Å². The van der Waals surface area contributed by atoms with Crippen molar-refractivity contribution in [1.29, 1.82) is 0 Å². The monoisotopic (exact) mass is 120 g/mol. The van der Waals surface area contributed by atoms with E-state index in [1.54, 1.807) is 0 Å². The van der Waals surface area contributed by atoms with Crippen LogP contribution in [-0.4, -0.2) is 6.79 Å². The lowest BCUT2D eigenvalue weighted by Crippen LogP contribution is -1.62. The van der Waals surface area contributed by atoms with Crippen LogP contribution in [0.4, 0.5) is 0 Å². The Morgan fingerprint density at radius 1 is 1.11 bits per heavy atom. The second-order valence-corrected chi connectivity index (χ2v) is 1.49. The molecule has 0 amide bonds. The summed E-state index contributed by atoms with van der Waals surface area (Å²) in [7, 11) is 0. The van der Waals surface area contributed by atoms with Gasteiger partial charge in [-0.15, -0.1) is 0 Å². The Bertz CT molecular complexity index is 146. The number of rotatable bonds is 0. The quantitative estimate of drug-likeness (QED) is 0.475. The number of hydrogen-bond donors (Lipinski definition) is 0. The number of carbonyl (C=O) groups excluding carboxylic acids is 1. The zero-order chi connectivity index (χ0) is 7.11. The predicted molar refractivity (Wildman–Crippen MR) is 37.7 cm³/mol. The highest BCUT2D eigenvalue weighted by Gasteiger charge is 1.72. The molecular formula is C8H8O. The molecule has 0 bridgehead atoms. The van der Waals surface area contributed by atoms with E-state index in [1.807, 2.05) is 30.3 Å². The molecule has 9 heavy (non-hydrogen) atoms. The van der Waals surface area contributed by atoms with E-state index in [-0.39, 0.29) is 0 Å². The first-order chi connectivity index (χ1) is 4.39. The van der Waals surface area contributed by atoms with Crippen LogP contribution in [0.1, 0.15) is 5.56 Å². The molecule has 0 aliphatic heterocycles. The van der Waals surface area contributed by atoms with Gasteiger partial charge in [-0.25, -0.2) is 0 Å². The van der Waals surface area contributed by atoms with Gasteiger partial charge in [0.2, 0.25) is 0 Å². The van der Waals surface area contributed by atoms with E-state index in [0.29, 0.717) is 0 Å². The van der Waals surface area contributed by atoms with E-state index in [0.717, 1.165) is 5.56 Å². The zero-order valence-corrected chi connectivity index (χ0v) is 5.08. The minimum absolute atomic E-state index is 1.07. The van der Waals surface area contributed by atoms with Gasteiger partial charge in [-0.1, -0.05) is 30.3 Å². The van der Waals surface area contributed by atoms with Crippen molar-refractivity contribution in [2.24, 2.45) is 0 Å². The van der Waals surface area contributed by atoms with Crippen molar-refractivity contribution < 1.29 is 4.79 Å². The van der Waals surface area contributed by atoms with Crippen molar-refractivity contribution in [2.75, 3.05) is 0 Å². The Hall–Kier alpha value is -1.11. The first-order valence-corrected chi connectivity index (χ1v) is 2.50. The van der Waals surface area contributed by atoms with Crippen LogP contribution in [0.25, 0.3) is 0 Å². The largest absolute Gasteiger partial charge is 0.295 e. The lowest BCUT2D eigenvalue weighted by molar-refractivity contribution is 0.574. The van der Waals surface area contributed by atoms with Crippen LogP contribution in [0.5, 0.6) is 0 Å². The van der Waals surface area contributed by atoms with Crippen molar-refractivity contribution >= 4 is 6.79 Å². The topological polar surface area (TPSA) is 17.1 Å². The Kier molecular flexibility index (Phi) is 4.41. The van der Waals surface area contributed by atoms with Gasteiger partial charge < -0.3 is 0 Å². The first kappa shape index (κ1) is 7.89. The zero-order valence-electron chi connectivity index (χ0n) is 5.08. The second kappa shape index (κ2) is 5.04. The fourth-order valence-corrected chi connectivity index (χ4v) is 0.478. The molecule has 0 unspecified atom stereocenters. The van der Waals surface area contributed by atoms with Crippen LogP contribution in [0, 0.1) is 6.92 Å². The summed E-state index contributed by atoms with van der Waals surface area (Å²) in [6.45, 7) is 6.97. The highest BCUT2D eigenvalue weighted by atomic mass is 16.1. The van der Waals surface area contributed by atoms with Crippen molar-refractivity contribution in [3.8, 4) is 0 Å². The van der Waals surface area contributed by atoms with Gasteiger partial charge in [0, 0.05) is 0 Å². The molecule has 0 spiro atoms. The normalized spacial score (nSPS) is 7.22. The average molecular weight is 120 g/mol. The molecule has 0 atom stereocenters. The van der Waals surface area contributed by atoms with Gasteiger partial charge in [0.05, 0.1) is 0 Å². The van der Waals surface area contributed by atoms with Crippen LogP contribution in [0.3, 0.4) is 0 Å². The van der Waals surface area contributed by atoms with Crippen LogP contribution < -0.4 is 0 Å². The van der Waals surface area contributed by atoms with Gasteiger partial charge in [0.1, 0.15) is 0 Å². The maximum absolute atomic E-state index is 7.75. The molecule has 1 aromatic carbocycles. The van der Waals surface area contributed by atoms with Crippen LogP contribution in [0.2, 0.25) is 0 Å². The molecule has 1 heteroatoms. The lowest BCUT2D eigenvalue weighted by Gasteiger charge is -1.82. The second-order valence-electron chi connectivity index (χ2n) is 1.49. The van der Waals surface area contributed by atoms with E-state index < -0.39 is 0 Å². The third-order valence-electron chi connectivity index (χ3n) is 0.843. The summed E-state index contributed by atoms with van der Waals surface area (Å²) in [5, 5.41) is 0. The maximum Gasteiger partial charge on any atom is 0.182 e. The van der Waals surface area contributed by atoms with Crippen molar-refractivity contribution in [1.82, 2.24) is 0 Å². The van der Waals surface area contributed by atoms with Crippen LogP contribution >= 0.6 is 0 Å². The molecule has 0 aliphatic rings. The van der Waals surface area contributed by atoms with Gasteiger partial charge in [0.15, 0.2) is 6.79 Å². The molecule has 0 saturated carbocycles. The molecule has 2 radical (unpaired) electrons. The molecule has 0 aromatic heterocycles. The summed E-state index contributed by atoms with van der Waals surface area (Å²) in [6.07, 6.45) is 0. The molecule has 0 heterocycles. The van der Waals surface area contributed by atoms with Gasteiger partial charge in [0.25, 0.3) is 0 Å². The summed E-state index contributed by atoms with van der Waals surface area (Å²) >= 11 is 0. The van der Waals surface area contributed by atoms with Gasteiger partial charge >= 0.3 is 0 Å². The van der Waals surface area contributed by atoms with E-state index in [9.17, 15) is 0 Å². The van der Waals surface area contributed by atoms with Gasteiger partial charge in [-0.3, -0.25) is 4.79 Å². The third kappa shape index (κ3) is 3.47. The lowest BCUT2D eigenvalue weighted by atomic mass is 10.2. The molecule has 1 aromatic rings. The van der Waals surface area contributed by atoms with Crippen molar-refractivity contribution in [3.63, 3.8) is 0 Å². The molecule has 46 valence electrons. The SMILES string of the molecule is [CH2]c1ccccc1.[CH]=O. The average Bonchev–Trinajstić information content (AvgIpc) is 1.94. The van der Waals surface area contributed by atoms with Crippen molar-refractivity contribution in [2.45, 2.75) is 0 Å². The highest BCUT2D eigenvalue weighted by molar-refractivity contribution is 5.16. The standard InChI is InChI=1S/C7H7.CHO/c1-7-5-3-2-4-6-7;1-2/h2-6H,1H2;1H. The molecule has 0 aliphatic carbocycles. The smallest absolute Gasteiger partial charge is 0.182 e. The van der Waals surface area contributed by atoms with E-state index >= 15 is 0 Å². The van der Waals surface area contributed by atoms with Crippen LogP contribution in [-0.2, 0) is 4.79 Å². The maximum atomic E-state index is 7.75. The molecule has 1 nitrogen and oxygen atoms in total. The predicted octanol–water partition coefficient (Wildman–Crippen LogP) is 1.59. The summed E-state index contributed by atoms with van der Waals surface area (Å²) < 4.78 is 0. The molecule has 0 fully saturated rings. The van der Waals surface area contributed by atoms with Gasteiger partial charge in [-0.2, -0.15) is 0 Å². The minimum Gasteiger partial charge on any atom is -0.295 e. The molecular weight excluding hydrogens is 112 g/mol. The Morgan fingerprint density at radius 2 is 1.56 bits per heavy atom. The molecule has 1 rings (SSSR count). The first-order valence-electron chi connectivity index (χ1n) is 2.50. The number of benzene rings is 1. The fourth-order valence-electron chi connectivity index (χ4n) is 0.478. The number of hydrogen-bond acceptors (Lipinski definition) is 1. The summed E-state index contributed by atoms with van der Waals surface area (Å²) in [5.41, 5.74) is 1.07. The minimum atomic E-state index is 1.07. The van der Waals surface area contributed by atoms with Crippen LogP contribution in [0.15, 0.2) is 30.3 Å². The van der Waals surface area contributed by atoms with E-state index in [2.05, 4.69) is 13.7 Å². The summed E-state index contributed by atoms with van der Waals surface area (Å²) in [6, 6.07) is 9.87. The van der Waals surface area contributed by atoms with E-state index in [1.165, 1.54) is 0 Å². The third-order valence-corrected chi connectivity index (χ3v) is 0.843. The van der Waals surface area contributed by atoms with Gasteiger partial charge in [-0.05, 0) is 12.5 Å². The fraction of sp³-hybridized carbons (Fsp3) is 0. The Labute approximate surface area is 55.3 Å². The molecule has 0 saturated heterocycles. The summed E-state index contributed by atoms with van der Waals surface area (Å²) in [4.78, 5) is 7.75. The summed E-state index contributed by atoms with van der Waals surface area (Å²) in [5.74, 6) is 0. The highest BCUT2D eigenvalue weighted by Crippen LogP contribution is 1.92. The Balaban J connectivity index is 0.000000291. The van der Waals surface area contributed by atoms with Crippen molar-refractivity contribution in [3.05, 3.63) is 42.8 Å².